The zero-order valence-electron chi connectivity index (χ0n) is 12.0. The molecule has 1 aliphatic rings. The minimum Gasteiger partial charge on any atom is -0.352 e. The van der Waals surface area contributed by atoms with E-state index in [0.717, 1.165) is 13.1 Å². The Morgan fingerprint density at radius 3 is 3.09 bits per heavy atom. The molecule has 1 saturated heterocycles. The fourth-order valence-electron chi connectivity index (χ4n) is 2.22. The van der Waals surface area contributed by atoms with Crippen molar-refractivity contribution in [3.05, 3.63) is 37.1 Å². The van der Waals surface area contributed by atoms with Crippen LogP contribution in [0.1, 0.15) is 11.8 Å². The second kappa shape index (κ2) is 6.44. The second-order valence-electron chi connectivity index (χ2n) is 5.03. The molecule has 0 unspecified atom stereocenters. The maximum atomic E-state index is 11.6. The second-order valence-corrected chi connectivity index (χ2v) is 5.03. The van der Waals surface area contributed by atoms with Gasteiger partial charge in [0.25, 0.3) is 0 Å². The molecule has 0 spiro atoms. The number of likely N-dealkylation sites (tertiary alicyclic amines) is 1. The molecule has 2 aromatic heterocycles. The van der Waals surface area contributed by atoms with E-state index < -0.39 is 0 Å². The number of rotatable bonds is 6. The number of aromatic nitrogens is 4. The molecular formula is C14H16N6O2. The van der Waals surface area contributed by atoms with Gasteiger partial charge in [-0.25, -0.2) is 4.98 Å². The smallest absolute Gasteiger partial charge is 0.234 e. The summed E-state index contributed by atoms with van der Waals surface area (Å²) in [6, 6.07) is 0. The molecule has 0 aromatic carbocycles. The molecule has 0 saturated carbocycles. The quantitative estimate of drug-likeness (QED) is 0.762. The first-order chi connectivity index (χ1) is 10.8. The highest BCUT2D eigenvalue weighted by Gasteiger charge is 2.33. The molecule has 0 radical (unpaired) electrons. The molecule has 22 heavy (non-hydrogen) atoms. The lowest BCUT2D eigenvalue weighted by atomic mass is 10.0. The van der Waals surface area contributed by atoms with Crippen LogP contribution >= 0.6 is 0 Å². The van der Waals surface area contributed by atoms with Crippen LogP contribution in [0.2, 0.25) is 0 Å². The molecule has 114 valence electrons. The number of hydrogen-bond acceptors (Lipinski definition) is 7. The number of nitrogens with one attached hydrogen (secondary N) is 1. The summed E-state index contributed by atoms with van der Waals surface area (Å²) in [6.45, 7) is 5.87. The van der Waals surface area contributed by atoms with Crippen molar-refractivity contribution in [2.75, 3.05) is 26.2 Å². The van der Waals surface area contributed by atoms with Crippen LogP contribution in [0.25, 0.3) is 11.5 Å². The Labute approximate surface area is 127 Å². The van der Waals surface area contributed by atoms with Gasteiger partial charge in [-0.1, -0.05) is 11.2 Å². The summed E-state index contributed by atoms with van der Waals surface area (Å²) in [5.41, 5.74) is 0.581. The molecule has 1 aliphatic heterocycles. The van der Waals surface area contributed by atoms with E-state index in [1.165, 1.54) is 0 Å². The van der Waals surface area contributed by atoms with Crippen LogP contribution in [-0.4, -0.2) is 57.1 Å². The first-order valence-corrected chi connectivity index (χ1v) is 6.96. The van der Waals surface area contributed by atoms with E-state index >= 15 is 0 Å². The van der Waals surface area contributed by atoms with Crippen LogP contribution in [-0.2, 0) is 4.79 Å². The van der Waals surface area contributed by atoms with Crippen molar-refractivity contribution >= 4 is 5.91 Å². The first kappa shape index (κ1) is 14.3. The van der Waals surface area contributed by atoms with Crippen LogP contribution in [0, 0.1) is 0 Å². The Bertz CT molecular complexity index is 650. The minimum absolute atomic E-state index is 0.0101. The Morgan fingerprint density at radius 2 is 2.36 bits per heavy atom. The number of amides is 1. The molecule has 1 amide bonds. The monoisotopic (exact) mass is 300 g/mol. The maximum absolute atomic E-state index is 11.6. The minimum atomic E-state index is -0.0101. The average Bonchev–Trinajstić information content (AvgIpc) is 2.98. The van der Waals surface area contributed by atoms with Gasteiger partial charge in [-0.15, -0.1) is 6.58 Å². The summed E-state index contributed by atoms with van der Waals surface area (Å²) < 4.78 is 5.27. The van der Waals surface area contributed by atoms with Crippen molar-refractivity contribution < 1.29 is 9.32 Å². The summed E-state index contributed by atoms with van der Waals surface area (Å²) in [5.74, 6) is 1.16. The van der Waals surface area contributed by atoms with Crippen molar-refractivity contribution in [3.8, 4) is 11.5 Å². The molecule has 8 nitrogen and oxygen atoms in total. The lowest BCUT2D eigenvalue weighted by Crippen LogP contribution is -2.49. The van der Waals surface area contributed by atoms with E-state index in [2.05, 4.69) is 32.0 Å². The number of hydrogen-bond donors (Lipinski definition) is 1. The number of carbonyl (C=O) groups excluding carboxylic acids is 1. The fourth-order valence-corrected chi connectivity index (χ4v) is 2.22. The summed E-state index contributed by atoms with van der Waals surface area (Å²) in [7, 11) is 0. The lowest BCUT2D eigenvalue weighted by molar-refractivity contribution is -0.123. The topological polar surface area (TPSA) is 97.0 Å². The molecule has 0 bridgehead atoms. The maximum Gasteiger partial charge on any atom is 0.234 e. The van der Waals surface area contributed by atoms with Gasteiger partial charge in [0.1, 0.15) is 5.69 Å². The SMILES string of the molecule is C=CCNC(=O)CN1CC(c2nc(-c3cnccn3)no2)C1. The molecule has 0 aliphatic carbocycles. The molecular weight excluding hydrogens is 284 g/mol. The molecule has 3 heterocycles. The zero-order valence-corrected chi connectivity index (χ0v) is 12.0. The van der Waals surface area contributed by atoms with Gasteiger partial charge in [0, 0.05) is 32.0 Å². The van der Waals surface area contributed by atoms with E-state index in [9.17, 15) is 4.79 Å². The van der Waals surface area contributed by atoms with E-state index in [4.69, 9.17) is 4.52 Å². The van der Waals surface area contributed by atoms with Crippen molar-refractivity contribution in [1.82, 2.24) is 30.3 Å². The summed E-state index contributed by atoms with van der Waals surface area (Å²) in [5, 5.41) is 6.66. The highest BCUT2D eigenvalue weighted by molar-refractivity contribution is 5.78. The average molecular weight is 300 g/mol. The summed E-state index contributed by atoms with van der Waals surface area (Å²) in [6.07, 6.45) is 6.42. The Hall–Kier alpha value is -2.61. The molecule has 3 rings (SSSR count). The molecule has 1 N–H and O–H groups in total. The number of nitrogens with zero attached hydrogens (tertiary/aromatic N) is 5. The van der Waals surface area contributed by atoms with Crippen molar-refractivity contribution in [1.29, 1.82) is 0 Å². The lowest BCUT2D eigenvalue weighted by Gasteiger charge is -2.36. The van der Waals surface area contributed by atoms with E-state index in [1.54, 1.807) is 24.7 Å². The Morgan fingerprint density at radius 1 is 1.50 bits per heavy atom. The molecule has 0 atom stereocenters. The van der Waals surface area contributed by atoms with Gasteiger partial charge in [-0.2, -0.15) is 4.98 Å². The zero-order chi connectivity index (χ0) is 15.4. The third-order valence-corrected chi connectivity index (χ3v) is 3.35. The van der Waals surface area contributed by atoms with Crippen LogP contribution in [0.3, 0.4) is 0 Å². The third-order valence-electron chi connectivity index (χ3n) is 3.35. The molecule has 2 aromatic rings. The Balaban J connectivity index is 1.52. The van der Waals surface area contributed by atoms with Gasteiger partial charge < -0.3 is 9.84 Å². The fraction of sp³-hybridized carbons (Fsp3) is 0.357. The van der Waals surface area contributed by atoms with Gasteiger partial charge in [0.2, 0.25) is 17.6 Å². The van der Waals surface area contributed by atoms with Crippen molar-refractivity contribution in [2.45, 2.75) is 5.92 Å². The Kier molecular flexibility index (Phi) is 4.19. The van der Waals surface area contributed by atoms with Crippen LogP contribution in [0.5, 0.6) is 0 Å². The van der Waals surface area contributed by atoms with Crippen LogP contribution in [0.4, 0.5) is 0 Å². The van der Waals surface area contributed by atoms with E-state index in [-0.39, 0.29) is 11.8 Å². The van der Waals surface area contributed by atoms with Gasteiger partial charge in [0.05, 0.1) is 18.7 Å². The van der Waals surface area contributed by atoms with Crippen molar-refractivity contribution in [3.63, 3.8) is 0 Å². The van der Waals surface area contributed by atoms with Gasteiger partial charge >= 0.3 is 0 Å². The van der Waals surface area contributed by atoms with E-state index in [1.807, 2.05) is 4.90 Å². The van der Waals surface area contributed by atoms with Crippen LogP contribution in [0.15, 0.2) is 35.8 Å². The third kappa shape index (κ3) is 3.17. The number of carbonyl (C=O) groups is 1. The largest absolute Gasteiger partial charge is 0.352 e. The normalized spacial score (nSPS) is 15.3. The standard InChI is InChI=1S/C14H16N6O2/c1-2-3-17-12(21)9-20-7-10(8-20)14-18-13(19-22-14)11-6-15-4-5-16-11/h2,4-6,10H,1,3,7-9H2,(H,17,21). The molecule has 1 fully saturated rings. The first-order valence-electron chi connectivity index (χ1n) is 6.96. The van der Waals surface area contributed by atoms with E-state index in [0.29, 0.717) is 30.5 Å². The molecule has 8 heteroatoms. The summed E-state index contributed by atoms with van der Waals surface area (Å²) >= 11 is 0. The highest BCUT2D eigenvalue weighted by Crippen LogP contribution is 2.26. The van der Waals surface area contributed by atoms with Gasteiger partial charge in [-0.05, 0) is 0 Å². The van der Waals surface area contributed by atoms with Gasteiger partial charge in [-0.3, -0.25) is 14.7 Å². The van der Waals surface area contributed by atoms with Crippen LogP contribution < -0.4 is 5.32 Å². The predicted molar refractivity (Wildman–Crippen MR) is 77.7 cm³/mol. The predicted octanol–water partition coefficient (Wildman–Crippen LogP) is 0.228. The van der Waals surface area contributed by atoms with Gasteiger partial charge in [0.15, 0.2) is 0 Å². The van der Waals surface area contributed by atoms with Crippen molar-refractivity contribution in [2.24, 2.45) is 0 Å². The summed E-state index contributed by atoms with van der Waals surface area (Å²) in [4.78, 5) is 26.0. The highest BCUT2D eigenvalue weighted by atomic mass is 16.5.